The van der Waals surface area contributed by atoms with Crippen molar-refractivity contribution >= 4 is 32.8 Å². The van der Waals surface area contributed by atoms with Crippen LogP contribution in [-0.4, -0.2) is 48.3 Å². The van der Waals surface area contributed by atoms with Crippen LogP contribution in [0, 0.1) is 6.92 Å². The topological polar surface area (TPSA) is 79.4 Å². The molecule has 1 aromatic carbocycles. The lowest BCUT2D eigenvalue weighted by atomic mass is 10.2. The number of sulfone groups is 1. The number of carbonyl (C=O) groups excluding carboxylic acids is 1. The summed E-state index contributed by atoms with van der Waals surface area (Å²) in [4.78, 5) is 19.3. The lowest BCUT2D eigenvalue weighted by Crippen LogP contribution is -2.36. The molecule has 3 rings (SSSR count). The SMILES string of the molecule is CCCCN(Cc1csc(CC(=O)Nc2ccccc2C)n1)C1CCS(=O)(=O)C1. The molecule has 0 radical (unpaired) electrons. The lowest BCUT2D eigenvalue weighted by Gasteiger charge is -2.27. The smallest absolute Gasteiger partial charge is 0.231 e. The van der Waals surface area contributed by atoms with Crippen LogP contribution in [0.5, 0.6) is 0 Å². The number of rotatable bonds is 9. The summed E-state index contributed by atoms with van der Waals surface area (Å²) >= 11 is 1.48. The van der Waals surface area contributed by atoms with E-state index in [2.05, 4.69) is 22.1 Å². The predicted octanol–water partition coefficient (Wildman–Crippen LogP) is 3.42. The number of unbranched alkanes of at least 4 members (excludes halogenated alkanes) is 1. The Bertz CT molecular complexity index is 940. The van der Waals surface area contributed by atoms with Crippen molar-refractivity contribution in [3.8, 4) is 0 Å². The summed E-state index contributed by atoms with van der Waals surface area (Å²) in [7, 11) is -2.91. The monoisotopic (exact) mass is 435 g/mol. The summed E-state index contributed by atoms with van der Waals surface area (Å²) in [5.41, 5.74) is 2.76. The zero-order chi connectivity index (χ0) is 20.9. The molecule has 2 heterocycles. The van der Waals surface area contributed by atoms with Crippen LogP contribution < -0.4 is 5.32 Å². The van der Waals surface area contributed by atoms with Crippen molar-refractivity contribution in [2.24, 2.45) is 0 Å². The van der Waals surface area contributed by atoms with Crippen LogP contribution in [0.1, 0.15) is 42.5 Å². The highest BCUT2D eigenvalue weighted by atomic mass is 32.2. The minimum absolute atomic E-state index is 0.0704. The molecule has 0 aliphatic carbocycles. The van der Waals surface area contributed by atoms with Crippen LogP contribution >= 0.6 is 11.3 Å². The summed E-state index contributed by atoms with van der Waals surface area (Å²) in [5, 5.41) is 5.70. The number of carbonyl (C=O) groups is 1. The van der Waals surface area contributed by atoms with E-state index in [1.807, 2.05) is 36.6 Å². The number of nitrogens with zero attached hydrogens (tertiary/aromatic N) is 2. The molecule has 158 valence electrons. The summed E-state index contributed by atoms with van der Waals surface area (Å²) in [5.74, 6) is 0.443. The van der Waals surface area contributed by atoms with E-state index in [9.17, 15) is 13.2 Å². The molecule has 0 saturated carbocycles. The van der Waals surface area contributed by atoms with Crippen molar-refractivity contribution in [2.75, 3.05) is 23.4 Å². The van der Waals surface area contributed by atoms with Gasteiger partial charge in [0, 0.05) is 23.7 Å². The van der Waals surface area contributed by atoms with Crippen molar-refractivity contribution < 1.29 is 13.2 Å². The maximum Gasteiger partial charge on any atom is 0.231 e. The Labute approximate surface area is 177 Å². The number of aryl methyl sites for hydroxylation is 1. The molecule has 0 spiro atoms. The quantitative estimate of drug-likeness (QED) is 0.653. The van der Waals surface area contributed by atoms with Crippen LogP contribution in [-0.2, 0) is 27.6 Å². The third-order valence-electron chi connectivity index (χ3n) is 5.22. The third-order valence-corrected chi connectivity index (χ3v) is 7.87. The fraction of sp³-hybridized carbons (Fsp3) is 0.524. The van der Waals surface area contributed by atoms with E-state index >= 15 is 0 Å². The van der Waals surface area contributed by atoms with E-state index in [1.165, 1.54) is 11.3 Å². The highest BCUT2D eigenvalue weighted by Gasteiger charge is 2.32. The molecule has 1 N–H and O–H groups in total. The van der Waals surface area contributed by atoms with Gasteiger partial charge in [-0.25, -0.2) is 13.4 Å². The molecular formula is C21H29N3O3S2. The lowest BCUT2D eigenvalue weighted by molar-refractivity contribution is -0.115. The first-order valence-corrected chi connectivity index (χ1v) is 12.8. The second kappa shape index (κ2) is 9.82. The van der Waals surface area contributed by atoms with Gasteiger partial charge in [-0.05, 0) is 37.9 Å². The van der Waals surface area contributed by atoms with Gasteiger partial charge in [0.1, 0.15) is 5.01 Å². The molecule has 1 aromatic heterocycles. The molecule has 29 heavy (non-hydrogen) atoms. The highest BCUT2D eigenvalue weighted by molar-refractivity contribution is 7.91. The number of aromatic nitrogens is 1. The second-order valence-electron chi connectivity index (χ2n) is 7.65. The van der Waals surface area contributed by atoms with Crippen molar-refractivity contribution in [3.05, 3.63) is 45.9 Å². The van der Waals surface area contributed by atoms with Gasteiger partial charge in [0.25, 0.3) is 0 Å². The number of thiazole rings is 1. The number of para-hydroxylation sites is 1. The summed E-state index contributed by atoms with van der Waals surface area (Å²) in [6.45, 7) is 5.61. The fourth-order valence-corrected chi connectivity index (χ4v) is 6.12. The summed E-state index contributed by atoms with van der Waals surface area (Å²) in [6, 6.07) is 7.77. The summed E-state index contributed by atoms with van der Waals surface area (Å²) in [6.07, 6.45) is 3.04. The average molecular weight is 436 g/mol. The van der Waals surface area contributed by atoms with E-state index in [-0.39, 0.29) is 29.9 Å². The van der Waals surface area contributed by atoms with Gasteiger partial charge in [-0.15, -0.1) is 11.3 Å². The number of hydrogen-bond donors (Lipinski definition) is 1. The number of nitrogens with one attached hydrogen (secondary N) is 1. The van der Waals surface area contributed by atoms with Crippen LogP contribution in [0.3, 0.4) is 0 Å². The molecule has 1 unspecified atom stereocenters. The van der Waals surface area contributed by atoms with Crippen molar-refractivity contribution in [3.63, 3.8) is 0 Å². The number of hydrogen-bond acceptors (Lipinski definition) is 6. The molecule has 1 amide bonds. The first kappa shape index (κ1) is 21.9. The Morgan fingerprint density at radius 2 is 2.14 bits per heavy atom. The molecule has 6 nitrogen and oxygen atoms in total. The zero-order valence-electron chi connectivity index (χ0n) is 17.1. The van der Waals surface area contributed by atoms with E-state index in [4.69, 9.17) is 0 Å². The van der Waals surface area contributed by atoms with E-state index in [0.717, 1.165) is 41.3 Å². The van der Waals surface area contributed by atoms with Gasteiger partial charge < -0.3 is 5.32 Å². The summed E-state index contributed by atoms with van der Waals surface area (Å²) < 4.78 is 23.8. The Balaban J connectivity index is 1.60. The molecule has 2 aromatic rings. The first-order valence-electron chi connectivity index (χ1n) is 10.1. The Morgan fingerprint density at radius 1 is 1.34 bits per heavy atom. The van der Waals surface area contributed by atoms with Gasteiger partial charge in [-0.2, -0.15) is 0 Å². The Morgan fingerprint density at radius 3 is 2.83 bits per heavy atom. The van der Waals surface area contributed by atoms with Gasteiger partial charge in [0.15, 0.2) is 9.84 Å². The van der Waals surface area contributed by atoms with Crippen molar-refractivity contribution in [1.29, 1.82) is 0 Å². The molecule has 0 bridgehead atoms. The highest BCUT2D eigenvalue weighted by Crippen LogP contribution is 2.22. The minimum Gasteiger partial charge on any atom is -0.325 e. The molecular weight excluding hydrogens is 406 g/mol. The number of benzene rings is 1. The third kappa shape index (κ3) is 6.35. The van der Waals surface area contributed by atoms with E-state index in [0.29, 0.717) is 13.0 Å². The van der Waals surface area contributed by atoms with Gasteiger partial charge in [0.2, 0.25) is 5.91 Å². The number of amides is 1. The van der Waals surface area contributed by atoms with Gasteiger partial charge in [-0.1, -0.05) is 31.5 Å². The maximum atomic E-state index is 12.4. The van der Waals surface area contributed by atoms with Gasteiger partial charge >= 0.3 is 0 Å². The molecule has 1 aliphatic heterocycles. The second-order valence-corrected chi connectivity index (χ2v) is 10.8. The normalized spacial score (nSPS) is 18.2. The predicted molar refractivity (Wildman–Crippen MR) is 118 cm³/mol. The van der Waals surface area contributed by atoms with Crippen LogP contribution in [0.4, 0.5) is 5.69 Å². The van der Waals surface area contributed by atoms with Crippen LogP contribution in [0.2, 0.25) is 0 Å². The van der Waals surface area contributed by atoms with Crippen molar-refractivity contribution in [2.45, 2.75) is 52.1 Å². The molecule has 1 fully saturated rings. The molecule has 1 saturated heterocycles. The number of anilines is 1. The standard InChI is InChI=1S/C21H29N3O3S2/c1-3-4-10-24(18-9-11-29(26,27)15-18)13-17-14-28-21(22-17)12-20(25)23-19-8-6-5-7-16(19)2/h5-8,14,18H,3-4,9-13,15H2,1-2H3,(H,23,25). The zero-order valence-corrected chi connectivity index (χ0v) is 18.7. The average Bonchev–Trinajstić information content (AvgIpc) is 3.26. The first-order chi connectivity index (χ1) is 13.9. The van der Waals surface area contributed by atoms with E-state index < -0.39 is 9.84 Å². The molecule has 8 heteroatoms. The van der Waals surface area contributed by atoms with Gasteiger partial charge in [0.05, 0.1) is 23.6 Å². The van der Waals surface area contributed by atoms with Crippen molar-refractivity contribution in [1.82, 2.24) is 9.88 Å². The largest absolute Gasteiger partial charge is 0.325 e. The maximum absolute atomic E-state index is 12.4. The minimum atomic E-state index is -2.91. The van der Waals surface area contributed by atoms with E-state index in [1.54, 1.807) is 0 Å². The fourth-order valence-electron chi connectivity index (χ4n) is 3.57. The van der Waals surface area contributed by atoms with Gasteiger partial charge in [-0.3, -0.25) is 9.69 Å². The molecule has 1 aliphatic rings. The Kier molecular flexibility index (Phi) is 7.43. The molecule has 1 atom stereocenters. The Hall–Kier alpha value is -1.77. The van der Waals surface area contributed by atoms with Crippen LogP contribution in [0.25, 0.3) is 0 Å². The van der Waals surface area contributed by atoms with Crippen LogP contribution in [0.15, 0.2) is 29.6 Å².